The minimum absolute atomic E-state index is 0.100. The third-order valence-electron chi connectivity index (χ3n) is 3.91. The van der Waals surface area contributed by atoms with Crippen molar-refractivity contribution in [1.82, 2.24) is 10.6 Å². The van der Waals surface area contributed by atoms with E-state index in [0.717, 1.165) is 32.4 Å². The monoisotopic (exact) mass is 256 g/mol. The van der Waals surface area contributed by atoms with Gasteiger partial charge in [0.25, 0.3) is 0 Å². The summed E-state index contributed by atoms with van der Waals surface area (Å²) in [6, 6.07) is 0. The number of amides is 1. The smallest absolute Gasteiger partial charge is 0.229 e. The maximum absolute atomic E-state index is 12.3. The Bertz CT molecular complexity index is 271. The van der Waals surface area contributed by atoms with E-state index in [0.29, 0.717) is 19.7 Å². The van der Waals surface area contributed by atoms with Crippen LogP contribution in [0.1, 0.15) is 25.7 Å². The molecule has 2 atom stereocenters. The molecule has 0 radical (unpaired) electrons. The van der Waals surface area contributed by atoms with E-state index in [1.807, 2.05) is 0 Å². The number of hydrogen-bond acceptors (Lipinski definition) is 4. The Morgan fingerprint density at radius 3 is 3.06 bits per heavy atom. The lowest BCUT2D eigenvalue weighted by Crippen LogP contribution is -2.48. The van der Waals surface area contributed by atoms with Crippen molar-refractivity contribution in [2.24, 2.45) is 5.41 Å². The van der Waals surface area contributed by atoms with Gasteiger partial charge >= 0.3 is 0 Å². The summed E-state index contributed by atoms with van der Waals surface area (Å²) in [7, 11) is 1.65. The zero-order valence-electron chi connectivity index (χ0n) is 11.2. The van der Waals surface area contributed by atoms with Gasteiger partial charge in [-0.1, -0.05) is 0 Å². The minimum atomic E-state index is -0.385. The van der Waals surface area contributed by atoms with Crippen molar-refractivity contribution < 1.29 is 14.3 Å². The molecule has 2 saturated heterocycles. The lowest BCUT2D eigenvalue weighted by Gasteiger charge is -2.28. The van der Waals surface area contributed by atoms with Gasteiger partial charge in [0, 0.05) is 26.8 Å². The summed E-state index contributed by atoms with van der Waals surface area (Å²) in [5, 5.41) is 6.28. The third-order valence-corrected chi connectivity index (χ3v) is 3.91. The van der Waals surface area contributed by atoms with Crippen LogP contribution in [0.4, 0.5) is 0 Å². The molecule has 0 saturated carbocycles. The fourth-order valence-corrected chi connectivity index (χ4v) is 2.76. The molecule has 2 N–H and O–H groups in total. The van der Waals surface area contributed by atoms with E-state index in [1.54, 1.807) is 7.11 Å². The Hall–Kier alpha value is -0.650. The average molecular weight is 256 g/mol. The number of carbonyl (C=O) groups excluding carboxylic acids is 1. The highest BCUT2D eigenvalue weighted by atomic mass is 16.5. The molecule has 0 spiro atoms. The Balaban J connectivity index is 1.81. The molecule has 2 aliphatic heterocycles. The minimum Gasteiger partial charge on any atom is -0.384 e. The molecule has 2 unspecified atom stereocenters. The molecule has 2 fully saturated rings. The number of nitrogens with one attached hydrogen (secondary N) is 2. The first-order valence-electron chi connectivity index (χ1n) is 6.86. The van der Waals surface area contributed by atoms with Crippen LogP contribution < -0.4 is 10.6 Å². The molecule has 5 nitrogen and oxygen atoms in total. The van der Waals surface area contributed by atoms with E-state index in [4.69, 9.17) is 9.47 Å². The summed E-state index contributed by atoms with van der Waals surface area (Å²) in [5.41, 5.74) is -0.385. The molecule has 0 aromatic carbocycles. The van der Waals surface area contributed by atoms with Crippen molar-refractivity contribution in [3.63, 3.8) is 0 Å². The fraction of sp³-hybridized carbons (Fsp3) is 0.923. The number of ether oxygens (including phenoxy) is 2. The normalized spacial score (nSPS) is 32.4. The van der Waals surface area contributed by atoms with Crippen molar-refractivity contribution in [1.29, 1.82) is 0 Å². The summed E-state index contributed by atoms with van der Waals surface area (Å²) in [6.07, 6.45) is 4.43. The first kappa shape index (κ1) is 13.8. The molecular weight excluding hydrogens is 232 g/mol. The van der Waals surface area contributed by atoms with Gasteiger partial charge in [0.15, 0.2) is 0 Å². The Kier molecular flexibility index (Phi) is 4.97. The van der Waals surface area contributed by atoms with Crippen LogP contribution >= 0.6 is 0 Å². The lowest BCUT2D eigenvalue weighted by atomic mass is 9.87. The van der Waals surface area contributed by atoms with Gasteiger partial charge in [-0.2, -0.15) is 0 Å². The van der Waals surface area contributed by atoms with E-state index in [-0.39, 0.29) is 17.4 Å². The second-order valence-electron chi connectivity index (χ2n) is 5.34. The van der Waals surface area contributed by atoms with Gasteiger partial charge in [0.2, 0.25) is 5.91 Å². The summed E-state index contributed by atoms with van der Waals surface area (Å²) in [6.45, 7) is 3.53. The molecule has 18 heavy (non-hydrogen) atoms. The van der Waals surface area contributed by atoms with Gasteiger partial charge in [-0.25, -0.2) is 0 Å². The molecule has 104 valence electrons. The fourth-order valence-electron chi connectivity index (χ4n) is 2.76. The van der Waals surface area contributed by atoms with Crippen molar-refractivity contribution in [2.75, 3.05) is 40.0 Å². The van der Waals surface area contributed by atoms with Crippen LogP contribution in [0.15, 0.2) is 0 Å². The van der Waals surface area contributed by atoms with Gasteiger partial charge in [-0.15, -0.1) is 0 Å². The highest BCUT2D eigenvalue weighted by Gasteiger charge is 2.41. The van der Waals surface area contributed by atoms with Crippen LogP contribution in [0, 0.1) is 5.41 Å². The maximum Gasteiger partial charge on any atom is 0.229 e. The van der Waals surface area contributed by atoms with Crippen LogP contribution in [0.5, 0.6) is 0 Å². The molecule has 1 amide bonds. The number of hydrogen-bond donors (Lipinski definition) is 2. The molecule has 2 heterocycles. The van der Waals surface area contributed by atoms with E-state index in [1.165, 1.54) is 6.42 Å². The molecule has 0 bridgehead atoms. The highest BCUT2D eigenvalue weighted by molar-refractivity contribution is 5.83. The quantitative estimate of drug-likeness (QED) is 0.742. The van der Waals surface area contributed by atoms with Gasteiger partial charge in [0.1, 0.15) is 0 Å². The summed E-state index contributed by atoms with van der Waals surface area (Å²) in [4.78, 5) is 12.3. The molecule has 0 aromatic rings. The first-order valence-corrected chi connectivity index (χ1v) is 6.86. The van der Waals surface area contributed by atoms with E-state index >= 15 is 0 Å². The van der Waals surface area contributed by atoms with Crippen molar-refractivity contribution in [2.45, 2.75) is 31.8 Å². The lowest BCUT2D eigenvalue weighted by molar-refractivity contribution is -0.133. The van der Waals surface area contributed by atoms with Crippen LogP contribution in [0.2, 0.25) is 0 Å². The van der Waals surface area contributed by atoms with Gasteiger partial charge < -0.3 is 20.1 Å². The van der Waals surface area contributed by atoms with Crippen LogP contribution in [-0.4, -0.2) is 52.0 Å². The molecule has 2 aliphatic rings. The zero-order chi connectivity index (χ0) is 12.8. The molecule has 5 heteroatoms. The second-order valence-corrected chi connectivity index (χ2v) is 5.34. The summed E-state index contributed by atoms with van der Waals surface area (Å²) in [5.74, 6) is 0.100. The average Bonchev–Trinajstić information content (AvgIpc) is 2.87. The molecule has 0 aromatic heterocycles. The summed E-state index contributed by atoms with van der Waals surface area (Å²) >= 11 is 0. The molecule has 2 rings (SSSR count). The largest absolute Gasteiger partial charge is 0.384 e. The van der Waals surface area contributed by atoms with Crippen molar-refractivity contribution >= 4 is 5.91 Å². The Morgan fingerprint density at radius 2 is 2.44 bits per heavy atom. The third kappa shape index (κ3) is 3.22. The Labute approximate surface area is 109 Å². The van der Waals surface area contributed by atoms with Gasteiger partial charge in [0.05, 0.1) is 18.1 Å². The predicted octanol–water partition coefficient (Wildman–Crippen LogP) is 0.298. The van der Waals surface area contributed by atoms with E-state index in [2.05, 4.69) is 10.6 Å². The second kappa shape index (κ2) is 6.50. The number of carbonyl (C=O) groups is 1. The van der Waals surface area contributed by atoms with E-state index in [9.17, 15) is 4.79 Å². The van der Waals surface area contributed by atoms with Crippen LogP contribution in [0.25, 0.3) is 0 Å². The molecular formula is C13H24N2O3. The standard InChI is InChI=1S/C13H24N2O3/c1-17-10-13(5-6-14-9-13)12(16)15-8-11-4-2-3-7-18-11/h11,14H,2-10H2,1H3,(H,15,16). The highest BCUT2D eigenvalue weighted by Crippen LogP contribution is 2.26. The van der Waals surface area contributed by atoms with Gasteiger partial charge in [-0.05, 0) is 32.2 Å². The zero-order valence-corrected chi connectivity index (χ0v) is 11.2. The van der Waals surface area contributed by atoms with Crippen molar-refractivity contribution in [3.8, 4) is 0 Å². The topological polar surface area (TPSA) is 59.6 Å². The van der Waals surface area contributed by atoms with Crippen molar-refractivity contribution in [3.05, 3.63) is 0 Å². The first-order chi connectivity index (χ1) is 8.77. The van der Waals surface area contributed by atoms with Crippen LogP contribution in [0.3, 0.4) is 0 Å². The van der Waals surface area contributed by atoms with Gasteiger partial charge in [-0.3, -0.25) is 4.79 Å². The number of methoxy groups -OCH3 is 1. The SMILES string of the molecule is COCC1(C(=O)NCC2CCCCO2)CCNC1. The Morgan fingerprint density at radius 1 is 1.56 bits per heavy atom. The number of rotatable bonds is 5. The predicted molar refractivity (Wildman–Crippen MR) is 68.4 cm³/mol. The van der Waals surface area contributed by atoms with E-state index < -0.39 is 0 Å². The maximum atomic E-state index is 12.3. The summed E-state index contributed by atoms with van der Waals surface area (Å²) < 4.78 is 10.8. The van der Waals surface area contributed by atoms with Crippen LogP contribution in [-0.2, 0) is 14.3 Å². The molecule has 0 aliphatic carbocycles.